The first kappa shape index (κ1) is 17.2. The molecule has 0 amide bonds. The lowest BCUT2D eigenvalue weighted by atomic mass is 9.81. The Bertz CT molecular complexity index is 287. The van der Waals surface area contributed by atoms with Crippen LogP contribution < -0.4 is 5.32 Å². The lowest BCUT2D eigenvalue weighted by Crippen LogP contribution is -2.50. The number of ether oxygens (including phenoxy) is 1. The second-order valence-electron chi connectivity index (χ2n) is 7.67. The van der Waals surface area contributed by atoms with Crippen LogP contribution in [0, 0.1) is 11.3 Å². The van der Waals surface area contributed by atoms with E-state index in [4.69, 9.17) is 4.74 Å². The smallest absolute Gasteiger partial charge is 0.0546 e. The van der Waals surface area contributed by atoms with Gasteiger partial charge in [-0.15, -0.1) is 0 Å². The molecule has 2 aliphatic heterocycles. The van der Waals surface area contributed by atoms with Crippen molar-refractivity contribution >= 4 is 0 Å². The van der Waals surface area contributed by atoms with Crippen LogP contribution in [0.2, 0.25) is 0 Å². The Kier molecular flexibility index (Phi) is 6.97. The van der Waals surface area contributed by atoms with Crippen LogP contribution in [0.15, 0.2) is 0 Å². The van der Waals surface area contributed by atoms with Gasteiger partial charge >= 0.3 is 0 Å². The summed E-state index contributed by atoms with van der Waals surface area (Å²) >= 11 is 0. The number of hydrogen-bond acceptors (Lipinski definition) is 3. The molecule has 0 aromatic carbocycles. The lowest BCUT2D eigenvalue weighted by Gasteiger charge is -2.41. The van der Waals surface area contributed by atoms with Crippen molar-refractivity contribution in [2.45, 2.75) is 65.3 Å². The van der Waals surface area contributed by atoms with Crippen molar-refractivity contribution in [3.8, 4) is 0 Å². The number of likely N-dealkylation sites (tertiary alicyclic amines) is 1. The molecule has 2 rings (SSSR count). The Morgan fingerprint density at radius 3 is 2.76 bits per heavy atom. The lowest BCUT2D eigenvalue weighted by molar-refractivity contribution is -0.0267. The fraction of sp³-hybridized carbons (Fsp3) is 1.00. The van der Waals surface area contributed by atoms with E-state index in [1.54, 1.807) is 0 Å². The van der Waals surface area contributed by atoms with Gasteiger partial charge < -0.3 is 15.0 Å². The van der Waals surface area contributed by atoms with Gasteiger partial charge in [0.05, 0.1) is 6.61 Å². The van der Waals surface area contributed by atoms with Gasteiger partial charge in [0.2, 0.25) is 0 Å². The molecule has 0 aromatic rings. The van der Waals surface area contributed by atoms with Crippen molar-refractivity contribution in [3.05, 3.63) is 0 Å². The quantitative estimate of drug-likeness (QED) is 0.814. The first-order valence-corrected chi connectivity index (χ1v) is 9.17. The third-order valence-corrected chi connectivity index (χ3v) is 5.37. The minimum Gasteiger partial charge on any atom is -0.381 e. The molecule has 0 radical (unpaired) electrons. The summed E-state index contributed by atoms with van der Waals surface area (Å²) in [5, 5.41) is 3.67. The van der Waals surface area contributed by atoms with E-state index in [2.05, 4.69) is 31.0 Å². The predicted molar refractivity (Wildman–Crippen MR) is 89.7 cm³/mol. The Hall–Kier alpha value is -0.120. The average molecular weight is 296 g/mol. The molecule has 0 aromatic heterocycles. The molecule has 3 nitrogen and oxygen atoms in total. The van der Waals surface area contributed by atoms with Gasteiger partial charge in [0.15, 0.2) is 0 Å². The summed E-state index contributed by atoms with van der Waals surface area (Å²) in [7, 11) is 0. The highest BCUT2D eigenvalue weighted by atomic mass is 16.5. The first-order chi connectivity index (χ1) is 10.1. The van der Waals surface area contributed by atoms with Gasteiger partial charge in [-0.05, 0) is 51.1 Å². The maximum atomic E-state index is 5.87. The molecule has 3 heteroatoms. The molecule has 2 heterocycles. The minimum absolute atomic E-state index is 0.342. The fourth-order valence-corrected chi connectivity index (χ4v) is 3.92. The minimum atomic E-state index is 0.342. The van der Waals surface area contributed by atoms with E-state index in [0.29, 0.717) is 11.5 Å². The summed E-state index contributed by atoms with van der Waals surface area (Å²) in [6.07, 6.45) is 8.11. The van der Waals surface area contributed by atoms with E-state index >= 15 is 0 Å². The fourth-order valence-electron chi connectivity index (χ4n) is 3.92. The molecule has 2 aliphatic rings. The maximum absolute atomic E-state index is 5.87. The number of nitrogens with one attached hydrogen (secondary N) is 1. The third kappa shape index (κ3) is 5.54. The summed E-state index contributed by atoms with van der Waals surface area (Å²) in [6.45, 7) is 13.7. The zero-order chi connectivity index (χ0) is 15.1. The van der Waals surface area contributed by atoms with E-state index in [1.807, 2.05) is 0 Å². The molecular weight excluding hydrogens is 260 g/mol. The molecule has 21 heavy (non-hydrogen) atoms. The maximum Gasteiger partial charge on any atom is 0.0546 e. The molecule has 2 atom stereocenters. The van der Waals surface area contributed by atoms with E-state index in [-0.39, 0.29) is 0 Å². The largest absolute Gasteiger partial charge is 0.381 e. The molecule has 0 spiro atoms. The summed E-state index contributed by atoms with van der Waals surface area (Å²) in [6, 6.07) is 0.567. The summed E-state index contributed by atoms with van der Waals surface area (Å²) in [5.41, 5.74) is 0.342. The summed E-state index contributed by atoms with van der Waals surface area (Å²) in [4.78, 5) is 2.73. The normalized spacial score (nSPS) is 32.3. The van der Waals surface area contributed by atoms with Gasteiger partial charge in [-0.3, -0.25) is 0 Å². The Morgan fingerprint density at radius 1 is 1.24 bits per heavy atom. The van der Waals surface area contributed by atoms with Crippen LogP contribution in [-0.4, -0.2) is 50.3 Å². The topological polar surface area (TPSA) is 24.5 Å². The van der Waals surface area contributed by atoms with Crippen LogP contribution >= 0.6 is 0 Å². The van der Waals surface area contributed by atoms with Crippen molar-refractivity contribution in [2.24, 2.45) is 11.3 Å². The summed E-state index contributed by atoms with van der Waals surface area (Å²) in [5.74, 6) is 0.961. The van der Waals surface area contributed by atoms with E-state index < -0.39 is 0 Å². The van der Waals surface area contributed by atoms with Gasteiger partial charge in [0.25, 0.3) is 0 Å². The van der Waals surface area contributed by atoms with Gasteiger partial charge in [0, 0.05) is 31.2 Å². The predicted octanol–water partition coefficient (Wildman–Crippen LogP) is 3.29. The van der Waals surface area contributed by atoms with Crippen molar-refractivity contribution in [3.63, 3.8) is 0 Å². The van der Waals surface area contributed by atoms with E-state index in [9.17, 15) is 0 Å². The highest BCUT2D eigenvalue weighted by Gasteiger charge is 2.35. The highest BCUT2D eigenvalue weighted by molar-refractivity contribution is 4.88. The van der Waals surface area contributed by atoms with Gasteiger partial charge in [0.1, 0.15) is 0 Å². The van der Waals surface area contributed by atoms with Crippen molar-refractivity contribution in [1.82, 2.24) is 10.2 Å². The second-order valence-corrected chi connectivity index (χ2v) is 7.67. The molecule has 0 saturated carbocycles. The molecular formula is C18H36N2O. The molecule has 0 bridgehead atoms. The number of rotatable bonds is 6. The van der Waals surface area contributed by atoms with E-state index in [0.717, 1.165) is 25.7 Å². The Balaban J connectivity index is 1.91. The molecule has 2 unspecified atom stereocenters. The SMILES string of the molecule is CCC1CCCN(CC2(CNC(C)C)CCCOC2)CC1. The highest BCUT2D eigenvalue weighted by Crippen LogP contribution is 2.31. The first-order valence-electron chi connectivity index (χ1n) is 9.17. The van der Waals surface area contributed by atoms with Crippen LogP contribution in [0.5, 0.6) is 0 Å². The van der Waals surface area contributed by atoms with Crippen LogP contribution in [0.4, 0.5) is 0 Å². The standard InChI is InChI=1S/C18H36N2O/c1-4-17-7-5-10-20(11-8-17)14-18(13-19-16(2)3)9-6-12-21-15-18/h16-17,19H,4-15H2,1-3H3. The van der Waals surface area contributed by atoms with Crippen LogP contribution in [0.1, 0.15) is 59.3 Å². The van der Waals surface area contributed by atoms with Crippen molar-refractivity contribution in [1.29, 1.82) is 0 Å². The van der Waals surface area contributed by atoms with E-state index in [1.165, 1.54) is 58.2 Å². The van der Waals surface area contributed by atoms with Crippen molar-refractivity contribution < 1.29 is 4.74 Å². The summed E-state index contributed by atoms with van der Waals surface area (Å²) < 4.78 is 5.87. The molecule has 2 saturated heterocycles. The number of nitrogens with zero attached hydrogens (tertiary/aromatic N) is 1. The van der Waals surface area contributed by atoms with Crippen LogP contribution in [0.3, 0.4) is 0 Å². The molecule has 124 valence electrons. The zero-order valence-corrected chi connectivity index (χ0v) is 14.5. The third-order valence-electron chi connectivity index (χ3n) is 5.37. The average Bonchev–Trinajstić information content (AvgIpc) is 2.71. The van der Waals surface area contributed by atoms with Gasteiger partial charge in [-0.25, -0.2) is 0 Å². The number of hydrogen-bond donors (Lipinski definition) is 1. The van der Waals surface area contributed by atoms with Gasteiger partial charge in [-0.1, -0.05) is 27.2 Å². The zero-order valence-electron chi connectivity index (χ0n) is 14.5. The second kappa shape index (κ2) is 8.50. The monoisotopic (exact) mass is 296 g/mol. The molecule has 2 fully saturated rings. The Labute approximate surface area is 131 Å². The van der Waals surface area contributed by atoms with Crippen LogP contribution in [0.25, 0.3) is 0 Å². The molecule has 0 aliphatic carbocycles. The van der Waals surface area contributed by atoms with Crippen LogP contribution in [-0.2, 0) is 4.74 Å². The van der Waals surface area contributed by atoms with Gasteiger partial charge in [-0.2, -0.15) is 0 Å². The molecule has 1 N–H and O–H groups in total. The van der Waals surface area contributed by atoms with Crippen molar-refractivity contribution in [2.75, 3.05) is 39.4 Å². The Morgan fingerprint density at radius 2 is 2.10 bits per heavy atom.